The number of hydrogen-bond donors (Lipinski definition) is 2. The van der Waals surface area contributed by atoms with Crippen molar-refractivity contribution in [1.29, 1.82) is 0 Å². The van der Waals surface area contributed by atoms with Gasteiger partial charge in [-0.25, -0.2) is 0 Å². The summed E-state index contributed by atoms with van der Waals surface area (Å²) >= 11 is 0. The quantitative estimate of drug-likeness (QED) is 0.381. The summed E-state index contributed by atoms with van der Waals surface area (Å²) in [5.74, 6) is 0.630. The summed E-state index contributed by atoms with van der Waals surface area (Å²) in [5, 5.41) is 25.1. The lowest BCUT2D eigenvalue weighted by Crippen LogP contribution is -2.62. The van der Waals surface area contributed by atoms with Crippen LogP contribution in [0.2, 0.25) is 0 Å². The standard InChI is InChI=1S/C25H39NO6/c1-22-7-8-25(31-11-12-32-25)13-16(22)3-4-17-18-5-6-20(23(2)29-9-10-30-23)24(18,15-26-28)14-19(27)21(17)22/h15-21,27-28H,3-14H2,1-2H3/b26-15+/t16-,17+,18+,19+,20+,21+,22-,24-/m0/s1. The highest BCUT2D eigenvalue weighted by Crippen LogP contribution is 2.69. The molecule has 0 aromatic heterocycles. The predicted octanol–water partition coefficient (Wildman–Crippen LogP) is 3.56. The SMILES string of the molecule is CC1([C@H]2CC[C@@H]3[C@H]4CC[C@H]5CC6(CC[C@]5(C)[C@H]4[C@H](O)C[C@]32/C=N/O)OCCO6)OCCO1. The van der Waals surface area contributed by atoms with Gasteiger partial charge in [0.1, 0.15) is 0 Å². The highest BCUT2D eigenvalue weighted by molar-refractivity contribution is 5.68. The molecule has 2 aliphatic heterocycles. The monoisotopic (exact) mass is 449 g/mol. The molecular formula is C25H39NO6. The fourth-order valence-corrected chi connectivity index (χ4v) is 9.61. The summed E-state index contributed by atoms with van der Waals surface area (Å²) in [7, 11) is 0. The van der Waals surface area contributed by atoms with Crippen molar-refractivity contribution in [3.05, 3.63) is 0 Å². The van der Waals surface area contributed by atoms with Gasteiger partial charge < -0.3 is 29.3 Å². The molecule has 8 atom stereocenters. The van der Waals surface area contributed by atoms with Crippen LogP contribution in [0.5, 0.6) is 0 Å². The third-order valence-electron chi connectivity index (χ3n) is 10.8. The predicted molar refractivity (Wildman–Crippen MR) is 116 cm³/mol. The van der Waals surface area contributed by atoms with E-state index in [9.17, 15) is 10.3 Å². The topological polar surface area (TPSA) is 89.7 Å². The summed E-state index contributed by atoms with van der Waals surface area (Å²) in [5.41, 5.74) is -0.293. The molecule has 0 amide bonds. The summed E-state index contributed by atoms with van der Waals surface area (Å²) in [6, 6.07) is 0. The van der Waals surface area contributed by atoms with Gasteiger partial charge in [-0.3, -0.25) is 0 Å². The Kier molecular flexibility index (Phi) is 5.02. The molecule has 6 aliphatic rings. The summed E-state index contributed by atoms with van der Waals surface area (Å²) < 4.78 is 24.4. The Morgan fingerprint density at radius 3 is 2.31 bits per heavy atom. The third kappa shape index (κ3) is 2.87. The molecule has 2 N–H and O–H groups in total. The number of aliphatic hydroxyl groups excluding tert-OH is 1. The first kappa shape index (κ1) is 21.8. The first-order chi connectivity index (χ1) is 15.4. The molecule has 1 spiro atoms. The van der Waals surface area contributed by atoms with E-state index < -0.39 is 11.9 Å². The molecular weight excluding hydrogens is 410 g/mol. The van der Waals surface area contributed by atoms with Gasteiger partial charge in [0, 0.05) is 24.2 Å². The second kappa shape index (κ2) is 7.38. The Labute approximate surface area is 190 Å². The molecule has 4 saturated carbocycles. The van der Waals surface area contributed by atoms with E-state index in [2.05, 4.69) is 12.1 Å². The summed E-state index contributed by atoms with van der Waals surface area (Å²) in [4.78, 5) is 0. The van der Waals surface area contributed by atoms with Crippen LogP contribution in [-0.4, -0.2) is 60.6 Å². The molecule has 180 valence electrons. The molecule has 32 heavy (non-hydrogen) atoms. The van der Waals surface area contributed by atoms with Crippen molar-refractivity contribution in [3.8, 4) is 0 Å². The van der Waals surface area contributed by atoms with E-state index in [0.717, 1.165) is 44.9 Å². The zero-order chi connectivity index (χ0) is 22.2. The maximum Gasteiger partial charge on any atom is 0.169 e. The van der Waals surface area contributed by atoms with Crippen molar-refractivity contribution >= 4 is 6.21 Å². The number of hydrogen-bond acceptors (Lipinski definition) is 7. The molecule has 0 aromatic carbocycles. The van der Waals surface area contributed by atoms with E-state index in [1.54, 1.807) is 6.21 Å². The van der Waals surface area contributed by atoms with Crippen LogP contribution >= 0.6 is 0 Å². The lowest BCUT2D eigenvalue weighted by atomic mass is 9.43. The van der Waals surface area contributed by atoms with Gasteiger partial charge in [0.2, 0.25) is 0 Å². The van der Waals surface area contributed by atoms with E-state index in [1.165, 1.54) is 0 Å². The molecule has 7 nitrogen and oxygen atoms in total. The normalized spacial score (nSPS) is 51.6. The van der Waals surface area contributed by atoms with Gasteiger partial charge in [-0.05, 0) is 74.5 Å². The Bertz CT molecular complexity index is 762. The van der Waals surface area contributed by atoms with Gasteiger partial charge in [-0.15, -0.1) is 5.16 Å². The largest absolute Gasteiger partial charge is 0.411 e. The minimum Gasteiger partial charge on any atom is -0.411 e. The van der Waals surface area contributed by atoms with Crippen molar-refractivity contribution in [2.75, 3.05) is 26.4 Å². The average molecular weight is 450 g/mol. The van der Waals surface area contributed by atoms with Crippen LogP contribution in [0.3, 0.4) is 0 Å². The first-order valence-corrected chi connectivity index (χ1v) is 12.8. The second-order valence-corrected chi connectivity index (χ2v) is 11.9. The van der Waals surface area contributed by atoms with E-state index in [1.807, 2.05) is 6.92 Å². The number of oxime groups is 1. The number of aliphatic hydroxyl groups is 1. The van der Waals surface area contributed by atoms with Gasteiger partial charge in [-0.1, -0.05) is 6.92 Å². The molecule has 0 aromatic rings. The Morgan fingerprint density at radius 2 is 1.59 bits per heavy atom. The summed E-state index contributed by atoms with van der Waals surface area (Å²) in [6.45, 7) is 7.07. The minimum absolute atomic E-state index is 0.0910. The molecule has 4 aliphatic carbocycles. The lowest BCUT2D eigenvalue weighted by Gasteiger charge is -2.63. The van der Waals surface area contributed by atoms with Crippen molar-refractivity contribution in [2.45, 2.75) is 82.9 Å². The molecule has 0 bridgehead atoms. The molecule has 6 rings (SSSR count). The molecule has 2 heterocycles. The van der Waals surface area contributed by atoms with Gasteiger partial charge >= 0.3 is 0 Å². The van der Waals surface area contributed by atoms with E-state index >= 15 is 0 Å². The molecule has 0 radical (unpaired) electrons. The van der Waals surface area contributed by atoms with Crippen LogP contribution < -0.4 is 0 Å². The van der Waals surface area contributed by atoms with Crippen LogP contribution in [-0.2, 0) is 18.9 Å². The van der Waals surface area contributed by atoms with E-state index in [0.29, 0.717) is 50.6 Å². The zero-order valence-corrected chi connectivity index (χ0v) is 19.5. The van der Waals surface area contributed by atoms with Crippen molar-refractivity contribution in [2.24, 2.45) is 45.6 Å². The van der Waals surface area contributed by atoms with Gasteiger partial charge in [0.05, 0.1) is 38.7 Å². The Morgan fingerprint density at radius 1 is 0.875 bits per heavy atom. The van der Waals surface area contributed by atoms with Crippen LogP contribution in [0.15, 0.2) is 5.16 Å². The first-order valence-electron chi connectivity index (χ1n) is 12.8. The fraction of sp³-hybridized carbons (Fsp3) is 0.960. The number of ether oxygens (including phenoxy) is 4. The highest BCUT2D eigenvalue weighted by Gasteiger charge is 2.68. The Hall–Kier alpha value is -0.730. The number of rotatable bonds is 2. The smallest absolute Gasteiger partial charge is 0.169 e. The zero-order valence-electron chi connectivity index (χ0n) is 19.5. The van der Waals surface area contributed by atoms with E-state index in [4.69, 9.17) is 18.9 Å². The van der Waals surface area contributed by atoms with Crippen LogP contribution in [0.25, 0.3) is 0 Å². The fourth-order valence-electron chi connectivity index (χ4n) is 9.61. The third-order valence-corrected chi connectivity index (χ3v) is 10.8. The van der Waals surface area contributed by atoms with Crippen molar-refractivity contribution in [1.82, 2.24) is 0 Å². The van der Waals surface area contributed by atoms with Crippen molar-refractivity contribution < 1.29 is 29.3 Å². The molecule has 0 unspecified atom stereocenters. The summed E-state index contributed by atoms with van der Waals surface area (Å²) in [6.07, 6.45) is 9.17. The number of fused-ring (bicyclic) bond motifs is 5. The van der Waals surface area contributed by atoms with Gasteiger partial charge in [0.25, 0.3) is 0 Å². The lowest BCUT2D eigenvalue weighted by molar-refractivity contribution is -0.247. The highest BCUT2D eigenvalue weighted by atomic mass is 16.7. The minimum atomic E-state index is -0.669. The molecule has 2 saturated heterocycles. The maximum absolute atomic E-state index is 11.8. The second-order valence-electron chi connectivity index (χ2n) is 11.9. The van der Waals surface area contributed by atoms with Crippen molar-refractivity contribution in [3.63, 3.8) is 0 Å². The van der Waals surface area contributed by atoms with Crippen LogP contribution in [0.4, 0.5) is 0 Å². The molecule has 7 heteroatoms. The average Bonchev–Trinajstić information content (AvgIpc) is 3.48. The molecule has 6 fully saturated rings. The number of nitrogens with zero attached hydrogens (tertiary/aromatic N) is 1. The van der Waals surface area contributed by atoms with Crippen LogP contribution in [0, 0.1) is 40.4 Å². The van der Waals surface area contributed by atoms with Gasteiger partial charge in [-0.2, -0.15) is 0 Å². The maximum atomic E-state index is 11.8. The van der Waals surface area contributed by atoms with Gasteiger partial charge in [0.15, 0.2) is 11.6 Å². The van der Waals surface area contributed by atoms with E-state index in [-0.39, 0.29) is 28.5 Å². The Balaban J connectivity index is 1.33. The van der Waals surface area contributed by atoms with Crippen LogP contribution in [0.1, 0.15) is 65.2 Å².